The Morgan fingerprint density at radius 3 is 2.80 bits per heavy atom. The van der Waals surface area contributed by atoms with E-state index < -0.39 is 0 Å². The summed E-state index contributed by atoms with van der Waals surface area (Å²) in [7, 11) is 1.85. The summed E-state index contributed by atoms with van der Waals surface area (Å²) >= 11 is 7.69. The van der Waals surface area contributed by atoms with E-state index >= 15 is 0 Å². The zero-order valence-corrected chi connectivity index (χ0v) is 15.0. The van der Waals surface area contributed by atoms with Crippen LogP contribution >= 0.6 is 23.4 Å². The number of hydrogen-bond acceptors (Lipinski definition) is 5. The molecule has 0 radical (unpaired) electrons. The van der Waals surface area contributed by atoms with E-state index in [-0.39, 0.29) is 17.7 Å². The van der Waals surface area contributed by atoms with Crippen molar-refractivity contribution in [3.63, 3.8) is 0 Å². The molecule has 1 aliphatic heterocycles. The van der Waals surface area contributed by atoms with Crippen LogP contribution in [0.25, 0.3) is 0 Å². The highest BCUT2D eigenvalue weighted by atomic mass is 35.5. The van der Waals surface area contributed by atoms with Gasteiger partial charge in [-0.1, -0.05) is 18.2 Å². The summed E-state index contributed by atoms with van der Waals surface area (Å²) in [5, 5.41) is 11.9. The molecule has 1 fully saturated rings. The Morgan fingerprint density at radius 1 is 1.44 bits per heavy atom. The summed E-state index contributed by atoms with van der Waals surface area (Å²) in [6, 6.07) is 5.31. The molecule has 1 saturated heterocycles. The lowest BCUT2D eigenvalue weighted by Gasteiger charge is -2.37. The highest BCUT2D eigenvalue weighted by Crippen LogP contribution is 2.33. The van der Waals surface area contributed by atoms with E-state index in [9.17, 15) is 9.59 Å². The SMILES string of the molecule is C=CC(=O)N1CC(C(=O)Nc2ccc(Sc3nncn3C)c(Cl)c2)C1. The molecule has 0 atom stereocenters. The molecule has 3 rings (SSSR count). The fraction of sp³-hybridized carbons (Fsp3) is 0.250. The van der Waals surface area contributed by atoms with Crippen molar-refractivity contribution < 1.29 is 9.59 Å². The third-order valence-corrected chi connectivity index (χ3v) is 5.36. The van der Waals surface area contributed by atoms with Crippen molar-refractivity contribution in [3.8, 4) is 0 Å². The maximum absolute atomic E-state index is 12.2. The Morgan fingerprint density at radius 2 is 2.20 bits per heavy atom. The minimum absolute atomic E-state index is 0.127. The molecule has 0 spiro atoms. The number of nitrogens with one attached hydrogen (secondary N) is 1. The lowest BCUT2D eigenvalue weighted by Crippen LogP contribution is -2.53. The number of amides is 2. The van der Waals surface area contributed by atoms with E-state index in [0.29, 0.717) is 23.8 Å². The number of aromatic nitrogens is 3. The molecule has 9 heteroatoms. The molecule has 0 aliphatic carbocycles. The molecular formula is C16H16ClN5O2S. The molecule has 25 heavy (non-hydrogen) atoms. The van der Waals surface area contributed by atoms with Crippen LogP contribution in [0.4, 0.5) is 5.69 Å². The van der Waals surface area contributed by atoms with Crippen molar-refractivity contribution in [2.75, 3.05) is 18.4 Å². The van der Waals surface area contributed by atoms with E-state index in [1.54, 1.807) is 27.9 Å². The molecule has 0 unspecified atom stereocenters. The van der Waals surface area contributed by atoms with Gasteiger partial charge in [0, 0.05) is 30.7 Å². The highest BCUT2D eigenvalue weighted by molar-refractivity contribution is 7.99. The average molecular weight is 378 g/mol. The summed E-state index contributed by atoms with van der Waals surface area (Å²) in [5.74, 6) is -0.495. The molecule has 130 valence electrons. The first-order valence-corrected chi connectivity index (χ1v) is 8.71. The van der Waals surface area contributed by atoms with Gasteiger partial charge in [-0.05, 0) is 36.0 Å². The second kappa shape index (κ2) is 7.28. The first kappa shape index (κ1) is 17.5. The molecule has 7 nitrogen and oxygen atoms in total. The highest BCUT2D eigenvalue weighted by Gasteiger charge is 2.34. The molecule has 1 aromatic heterocycles. The number of rotatable bonds is 5. The van der Waals surface area contributed by atoms with Crippen LogP contribution < -0.4 is 5.32 Å². The average Bonchev–Trinajstić information content (AvgIpc) is 2.93. The number of carbonyl (C=O) groups excluding carboxylic acids is 2. The normalized spacial score (nSPS) is 14.1. The molecule has 1 N–H and O–H groups in total. The predicted molar refractivity (Wildman–Crippen MR) is 95.5 cm³/mol. The van der Waals surface area contributed by atoms with E-state index in [1.807, 2.05) is 13.1 Å². The van der Waals surface area contributed by atoms with Gasteiger partial charge in [0.1, 0.15) is 6.33 Å². The van der Waals surface area contributed by atoms with Crippen molar-refractivity contribution >= 4 is 40.9 Å². The molecule has 2 aromatic rings. The largest absolute Gasteiger partial charge is 0.337 e. The lowest BCUT2D eigenvalue weighted by atomic mass is 9.99. The number of aryl methyl sites for hydroxylation is 1. The van der Waals surface area contributed by atoms with E-state index in [0.717, 1.165) is 10.1 Å². The van der Waals surface area contributed by atoms with Crippen molar-refractivity contribution in [1.29, 1.82) is 0 Å². The van der Waals surface area contributed by atoms with Crippen LogP contribution in [0.5, 0.6) is 0 Å². The zero-order valence-electron chi connectivity index (χ0n) is 13.5. The number of anilines is 1. The second-order valence-electron chi connectivity index (χ2n) is 5.61. The Labute approximate surface area is 154 Å². The molecule has 2 amide bonds. The fourth-order valence-electron chi connectivity index (χ4n) is 2.32. The first-order valence-electron chi connectivity index (χ1n) is 7.51. The van der Waals surface area contributed by atoms with Crippen molar-refractivity contribution in [2.45, 2.75) is 10.1 Å². The molecule has 2 heterocycles. The summed E-state index contributed by atoms with van der Waals surface area (Å²) in [4.78, 5) is 26.0. The van der Waals surface area contributed by atoms with Crippen LogP contribution in [0.15, 0.2) is 47.2 Å². The molecule has 0 bridgehead atoms. The van der Waals surface area contributed by atoms with Crippen molar-refractivity contribution in [3.05, 3.63) is 42.2 Å². The number of nitrogens with zero attached hydrogens (tertiary/aromatic N) is 4. The van der Waals surface area contributed by atoms with Gasteiger partial charge in [0.25, 0.3) is 0 Å². The number of likely N-dealkylation sites (tertiary alicyclic amines) is 1. The van der Waals surface area contributed by atoms with Gasteiger partial charge in [0.2, 0.25) is 11.8 Å². The minimum Gasteiger partial charge on any atom is -0.337 e. The quantitative estimate of drug-likeness (QED) is 0.808. The van der Waals surface area contributed by atoms with Crippen LogP contribution in [0.3, 0.4) is 0 Å². The van der Waals surface area contributed by atoms with E-state index in [2.05, 4.69) is 22.1 Å². The maximum atomic E-state index is 12.2. The summed E-state index contributed by atoms with van der Waals surface area (Å²) in [5.41, 5.74) is 0.616. The molecular weight excluding hydrogens is 362 g/mol. The van der Waals surface area contributed by atoms with Crippen LogP contribution in [0.2, 0.25) is 5.02 Å². The number of benzene rings is 1. The Hall–Kier alpha value is -2.32. The second-order valence-corrected chi connectivity index (χ2v) is 7.02. The van der Waals surface area contributed by atoms with E-state index in [1.165, 1.54) is 17.8 Å². The first-order chi connectivity index (χ1) is 12.0. The lowest BCUT2D eigenvalue weighted by molar-refractivity contribution is -0.137. The van der Waals surface area contributed by atoms with Crippen molar-refractivity contribution in [2.24, 2.45) is 13.0 Å². The van der Waals surface area contributed by atoms with Crippen LogP contribution in [-0.2, 0) is 16.6 Å². The minimum atomic E-state index is -0.213. The van der Waals surface area contributed by atoms with Gasteiger partial charge < -0.3 is 14.8 Å². The van der Waals surface area contributed by atoms with Gasteiger partial charge in [0.05, 0.1) is 10.9 Å². The standard InChI is InChI=1S/C16H16ClN5O2S/c1-3-14(23)22-7-10(8-22)15(24)19-11-4-5-13(12(17)6-11)25-16-20-18-9-21(16)2/h3-6,9-10H,1,7-8H2,2H3,(H,19,24). The molecule has 1 aromatic carbocycles. The number of hydrogen-bond donors (Lipinski definition) is 1. The van der Waals surface area contributed by atoms with Crippen LogP contribution in [0.1, 0.15) is 0 Å². The zero-order chi connectivity index (χ0) is 18.0. The Kier molecular flexibility index (Phi) is 5.10. The van der Waals surface area contributed by atoms with E-state index in [4.69, 9.17) is 11.6 Å². The number of carbonyl (C=O) groups is 2. The van der Waals surface area contributed by atoms with Gasteiger partial charge in [-0.25, -0.2) is 0 Å². The van der Waals surface area contributed by atoms with Gasteiger partial charge in [-0.15, -0.1) is 10.2 Å². The maximum Gasteiger partial charge on any atom is 0.246 e. The van der Waals surface area contributed by atoms with Crippen molar-refractivity contribution in [1.82, 2.24) is 19.7 Å². The Bertz CT molecular complexity index is 832. The van der Waals surface area contributed by atoms with Crippen LogP contribution in [0, 0.1) is 5.92 Å². The predicted octanol–water partition coefficient (Wildman–Crippen LogP) is 2.20. The van der Waals surface area contributed by atoms with Crippen LogP contribution in [-0.4, -0.2) is 44.6 Å². The molecule has 0 saturated carbocycles. The monoisotopic (exact) mass is 377 g/mol. The van der Waals surface area contributed by atoms with Gasteiger partial charge in [-0.3, -0.25) is 9.59 Å². The van der Waals surface area contributed by atoms with Gasteiger partial charge >= 0.3 is 0 Å². The topological polar surface area (TPSA) is 80.1 Å². The molecule has 1 aliphatic rings. The smallest absolute Gasteiger partial charge is 0.246 e. The van der Waals surface area contributed by atoms with Gasteiger partial charge in [0.15, 0.2) is 5.16 Å². The summed E-state index contributed by atoms with van der Waals surface area (Å²) < 4.78 is 1.80. The fourth-order valence-corrected chi connectivity index (χ4v) is 3.39. The van der Waals surface area contributed by atoms with Gasteiger partial charge in [-0.2, -0.15) is 0 Å². The number of halogens is 1. The summed E-state index contributed by atoms with van der Waals surface area (Å²) in [6.45, 7) is 4.25. The third kappa shape index (κ3) is 3.85. The Balaban J connectivity index is 1.60. The third-order valence-electron chi connectivity index (χ3n) is 3.81. The summed E-state index contributed by atoms with van der Waals surface area (Å²) in [6.07, 6.45) is 2.87.